The first kappa shape index (κ1) is 25.3. The molecule has 178 valence electrons. The molecule has 2 aromatic carbocycles. The molecule has 0 bridgehead atoms. The molecule has 0 heterocycles. The van der Waals surface area contributed by atoms with Crippen LogP contribution in [0.5, 0.6) is 17.2 Å². The minimum atomic E-state index is -0.681. The van der Waals surface area contributed by atoms with E-state index >= 15 is 0 Å². The lowest BCUT2D eigenvalue weighted by atomic mass is 10.1. The molecule has 0 aliphatic heterocycles. The molecule has 2 rings (SSSR count). The van der Waals surface area contributed by atoms with E-state index in [1.54, 1.807) is 12.1 Å². The number of carbonyl (C=O) groups excluding carboxylic acids is 3. The van der Waals surface area contributed by atoms with Crippen LogP contribution in [0.1, 0.15) is 41.5 Å². The molecule has 2 aromatic rings. The van der Waals surface area contributed by atoms with Crippen molar-refractivity contribution in [1.29, 1.82) is 0 Å². The van der Waals surface area contributed by atoms with Gasteiger partial charge in [-0.25, -0.2) is 14.4 Å². The van der Waals surface area contributed by atoms with Crippen LogP contribution in [0.25, 0.3) is 0 Å². The second-order valence-electron chi connectivity index (χ2n) is 6.42. The van der Waals surface area contributed by atoms with Gasteiger partial charge in [0.15, 0.2) is 11.5 Å². The fraction of sp³-hybridized carbons (Fsp3) is 0.348. The zero-order valence-corrected chi connectivity index (χ0v) is 19.3. The number of urea groups is 1. The maximum absolute atomic E-state index is 12.7. The van der Waals surface area contributed by atoms with Crippen LogP contribution >= 0.6 is 0 Å². The van der Waals surface area contributed by atoms with Crippen LogP contribution in [0.2, 0.25) is 0 Å². The van der Waals surface area contributed by atoms with Gasteiger partial charge in [-0.3, -0.25) is 0 Å². The standard InChI is InChI=1S/C23H28N2O8/c1-6-31-18-12-15(13-19(32-7-2)20(18)33-8-3)24-23(28)25-17-11-14(21(26)29-4)9-10-16(17)22(27)30-5/h9-13H,6-8H2,1-5H3,(H2,24,25,28). The fourth-order valence-corrected chi connectivity index (χ4v) is 2.93. The summed E-state index contributed by atoms with van der Waals surface area (Å²) in [5, 5.41) is 5.24. The minimum absolute atomic E-state index is 0.0667. The maximum Gasteiger partial charge on any atom is 0.339 e. The Hall–Kier alpha value is -3.95. The summed E-state index contributed by atoms with van der Waals surface area (Å²) in [5.74, 6) is -0.0536. The first-order chi connectivity index (χ1) is 15.9. The molecular weight excluding hydrogens is 432 g/mol. The molecule has 0 aliphatic carbocycles. The average molecular weight is 460 g/mol. The quantitative estimate of drug-likeness (QED) is 0.508. The number of benzene rings is 2. The number of methoxy groups -OCH3 is 2. The lowest BCUT2D eigenvalue weighted by Gasteiger charge is -2.18. The van der Waals surface area contributed by atoms with Gasteiger partial charge in [0.2, 0.25) is 5.75 Å². The molecule has 2 N–H and O–H groups in total. The van der Waals surface area contributed by atoms with Gasteiger partial charge in [0.25, 0.3) is 0 Å². The maximum atomic E-state index is 12.7. The Kier molecular flexibility index (Phi) is 9.34. The molecule has 0 atom stereocenters. The molecular formula is C23H28N2O8. The molecule has 10 nitrogen and oxygen atoms in total. The highest BCUT2D eigenvalue weighted by molar-refractivity contribution is 6.06. The smallest absolute Gasteiger partial charge is 0.339 e. The van der Waals surface area contributed by atoms with Gasteiger partial charge in [-0.05, 0) is 39.0 Å². The van der Waals surface area contributed by atoms with Crippen LogP contribution in [0.15, 0.2) is 30.3 Å². The number of carbonyl (C=O) groups is 3. The van der Waals surface area contributed by atoms with Crippen molar-refractivity contribution in [1.82, 2.24) is 0 Å². The fourth-order valence-electron chi connectivity index (χ4n) is 2.93. The Labute approximate surface area is 192 Å². The van der Waals surface area contributed by atoms with Crippen LogP contribution in [-0.4, -0.2) is 52.0 Å². The molecule has 0 aromatic heterocycles. The van der Waals surface area contributed by atoms with Gasteiger partial charge in [-0.1, -0.05) is 0 Å². The molecule has 0 spiro atoms. The average Bonchev–Trinajstić information content (AvgIpc) is 2.80. The SMILES string of the molecule is CCOc1cc(NC(=O)Nc2cc(C(=O)OC)ccc2C(=O)OC)cc(OCC)c1OCC. The monoisotopic (exact) mass is 460 g/mol. The molecule has 0 unspecified atom stereocenters. The number of ether oxygens (including phenoxy) is 5. The Morgan fingerprint density at radius 1 is 0.758 bits per heavy atom. The van der Waals surface area contributed by atoms with Gasteiger partial charge in [0.05, 0.1) is 56.5 Å². The first-order valence-electron chi connectivity index (χ1n) is 10.3. The van der Waals surface area contributed by atoms with Gasteiger partial charge in [0, 0.05) is 12.1 Å². The highest BCUT2D eigenvalue weighted by Gasteiger charge is 2.19. The lowest BCUT2D eigenvalue weighted by Crippen LogP contribution is -2.22. The van der Waals surface area contributed by atoms with Crippen molar-refractivity contribution in [2.75, 3.05) is 44.7 Å². The van der Waals surface area contributed by atoms with Crippen LogP contribution in [0.4, 0.5) is 16.2 Å². The lowest BCUT2D eigenvalue weighted by molar-refractivity contribution is 0.0587. The first-order valence-corrected chi connectivity index (χ1v) is 10.3. The van der Waals surface area contributed by atoms with Gasteiger partial charge >= 0.3 is 18.0 Å². The molecule has 0 fully saturated rings. The van der Waals surface area contributed by atoms with E-state index in [1.165, 1.54) is 32.4 Å². The predicted octanol–water partition coefficient (Wildman–Crippen LogP) is 4.10. The second-order valence-corrected chi connectivity index (χ2v) is 6.42. The molecule has 2 amide bonds. The zero-order valence-electron chi connectivity index (χ0n) is 19.3. The number of amides is 2. The van der Waals surface area contributed by atoms with E-state index in [0.717, 1.165) is 0 Å². The van der Waals surface area contributed by atoms with E-state index in [-0.39, 0.29) is 16.8 Å². The Morgan fingerprint density at radius 2 is 1.33 bits per heavy atom. The van der Waals surface area contributed by atoms with Crippen LogP contribution in [0.3, 0.4) is 0 Å². The Morgan fingerprint density at radius 3 is 1.85 bits per heavy atom. The summed E-state index contributed by atoms with van der Waals surface area (Å²) >= 11 is 0. The predicted molar refractivity (Wildman–Crippen MR) is 122 cm³/mol. The van der Waals surface area contributed by atoms with Gasteiger partial charge in [0.1, 0.15) is 0 Å². The molecule has 0 saturated heterocycles. The van der Waals surface area contributed by atoms with E-state index < -0.39 is 18.0 Å². The van der Waals surface area contributed by atoms with Crippen LogP contribution < -0.4 is 24.8 Å². The van der Waals surface area contributed by atoms with Crippen LogP contribution in [0, 0.1) is 0 Å². The van der Waals surface area contributed by atoms with Crippen molar-refractivity contribution < 1.29 is 38.1 Å². The summed E-state index contributed by atoms with van der Waals surface area (Å²) < 4.78 is 26.4. The summed E-state index contributed by atoms with van der Waals surface area (Å²) in [4.78, 5) is 36.7. The molecule has 0 saturated carbocycles. The third-order valence-corrected chi connectivity index (χ3v) is 4.26. The van der Waals surface area contributed by atoms with Crippen molar-refractivity contribution in [2.45, 2.75) is 20.8 Å². The number of rotatable bonds is 10. The highest BCUT2D eigenvalue weighted by Crippen LogP contribution is 2.40. The summed E-state index contributed by atoms with van der Waals surface area (Å²) in [6, 6.07) is 6.62. The summed E-state index contributed by atoms with van der Waals surface area (Å²) in [5.41, 5.74) is 0.658. The van der Waals surface area contributed by atoms with E-state index in [1.807, 2.05) is 20.8 Å². The van der Waals surface area contributed by atoms with E-state index in [4.69, 9.17) is 23.7 Å². The largest absolute Gasteiger partial charge is 0.490 e. The van der Waals surface area contributed by atoms with Crippen molar-refractivity contribution >= 4 is 29.3 Å². The van der Waals surface area contributed by atoms with Gasteiger partial charge in [-0.15, -0.1) is 0 Å². The second kappa shape index (κ2) is 12.2. The number of hydrogen-bond acceptors (Lipinski definition) is 8. The molecule has 10 heteroatoms. The summed E-state index contributed by atoms with van der Waals surface area (Å²) in [7, 11) is 2.44. The van der Waals surface area contributed by atoms with Crippen molar-refractivity contribution in [3.63, 3.8) is 0 Å². The number of hydrogen-bond donors (Lipinski definition) is 2. The third kappa shape index (κ3) is 6.52. The van der Waals surface area contributed by atoms with Crippen molar-refractivity contribution in [3.05, 3.63) is 41.5 Å². The Bertz CT molecular complexity index is 979. The normalized spacial score (nSPS) is 10.1. The third-order valence-electron chi connectivity index (χ3n) is 4.26. The zero-order chi connectivity index (χ0) is 24.4. The van der Waals surface area contributed by atoms with Crippen molar-refractivity contribution in [2.24, 2.45) is 0 Å². The minimum Gasteiger partial charge on any atom is -0.490 e. The van der Waals surface area contributed by atoms with Gasteiger partial charge in [-0.2, -0.15) is 0 Å². The van der Waals surface area contributed by atoms with E-state index in [9.17, 15) is 14.4 Å². The summed E-state index contributed by atoms with van der Waals surface area (Å²) in [6.45, 7) is 6.65. The Balaban J connectivity index is 2.36. The molecule has 0 radical (unpaired) electrons. The van der Waals surface area contributed by atoms with E-state index in [2.05, 4.69) is 10.6 Å². The summed E-state index contributed by atoms with van der Waals surface area (Å²) in [6.07, 6.45) is 0. The number of nitrogens with one attached hydrogen (secondary N) is 2. The van der Waals surface area contributed by atoms with Gasteiger partial charge < -0.3 is 34.3 Å². The topological polar surface area (TPSA) is 121 Å². The number of esters is 2. The molecule has 33 heavy (non-hydrogen) atoms. The van der Waals surface area contributed by atoms with Crippen molar-refractivity contribution in [3.8, 4) is 17.2 Å². The van der Waals surface area contributed by atoms with Crippen LogP contribution in [-0.2, 0) is 9.47 Å². The van der Waals surface area contributed by atoms with E-state index in [0.29, 0.717) is 42.8 Å². The highest BCUT2D eigenvalue weighted by atomic mass is 16.5. The molecule has 0 aliphatic rings. The number of anilines is 2.